The molecule has 0 heterocycles. The predicted molar refractivity (Wildman–Crippen MR) is 45.2 cm³/mol. The Balaban J connectivity index is 2.10. The summed E-state index contributed by atoms with van der Waals surface area (Å²) in [5, 5.41) is 9.12. The van der Waals surface area contributed by atoms with Gasteiger partial charge in [0.2, 0.25) is 0 Å². The van der Waals surface area contributed by atoms with Gasteiger partial charge in [0.05, 0.1) is 0 Å². The molecule has 3 atom stereocenters. The van der Waals surface area contributed by atoms with Crippen LogP contribution in [-0.2, 0) is 0 Å². The summed E-state index contributed by atoms with van der Waals surface area (Å²) in [5.74, 6) is 2.41. The molecule has 0 aromatic carbocycles. The normalized spacial score (nSPS) is 46.6. The van der Waals surface area contributed by atoms with Gasteiger partial charge in [-0.15, -0.1) is 0 Å². The maximum absolute atomic E-state index is 9.12. The van der Waals surface area contributed by atoms with Crippen molar-refractivity contribution >= 4 is 0 Å². The van der Waals surface area contributed by atoms with E-state index in [2.05, 4.69) is 13.8 Å². The predicted octanol–water partition coefficient (Wildman–Crippen LogP) is 2.05. The van der Waals surface area contributed by atoms with Crippen molar-refractivity contribution in [3.8, 4) is 0 Å². The van der Waals surface area contributed by atoms with Gasteiger partial charge < -0.3 is 5.11 Å². The quantitative estimate of drug-likeness (QED) is 0.613. The topological polar surface area (TPSA) is 20.2 Å². The van der Waals surface area contributed by atoms with Gasteiger partial charge in [0.25, 0.3) is 0 Å². The second-order valence-electron chi connectivity index (χ2n) is 4.88. The molecule has 1 heteroatoms. The van der Waals surface area contributed by atoms with Crippen LogP contribution in [0.5, 0.6) is 0 Å². The van der Waals surface area contributed by atoms with Crippen LogP contribution in [0.25, 0.3) is 0 Å². The second kappa shape index (κ2) is 2.22. The summed E-state index contributed by atoms with van der Waals surface area (Å²) < 4.78 is 0. The third kappa shape index (κ3) is 0.868. The molecule has 0 amide bonds. The van der Waals surface area contributed by atoms with E-state index in [1.54, 1.807) is 0 Å². The lowest BCUT2D eigenvalue weighted by Crippen LogP contribution is -2.53. The lowest BCUT2D eigenvalue weighted by Gasteiger charge is -2.59. The van der Waals surface area contributed by atoms with Gasteiger partial charge in [-0.05, 0) is 42.4 Å². The summed E-state index contributed by atoms with van der Waals surface area (Å²) >= 11 is 0. The van der Waals surface area contributed by atoms with Crippen LogP contribution in [0, 0.1) is 23.2 Å². The Labute approximate surface area is 68.8 Å². The Morgan fingerprint density at radius 3 is 2.45 bits per heavy atom. The van der Waals surface area contributed by atoms with E-state index in [1.165, 1.54) is 19.3 Å². The number of hydrogen-bond donors (Lipinski definition) is 1. The van der Waals surface area contributed by atoms with Crippen LogP contribution >= 0.6 is 0 Å². The molecule has 0 aromatic rings. The van der Waals surface area contributed by atoms with Crippen molar-refractivity contribution in [1.82, 2.24) is 0 Å². The average molecular weight is 154 g/mol. The molecule has 11 heavy (non-hydrogen) atoms. The van der Waals surface area contributed by atoms with Crippen LogP contribution in [0.4, 0.5) is 0 Å². The van der Waals surface area contributed by atoms with E-state index in [0.29, 0.717) is 17.9 Å². The van der Waals surface area contributed by atoms with Crippen molar-refractivity contribution in [2.75, 3.05) is 6.61 Å². The fraction of sp³-hybridized carbons (Fsp3) is 1.00. The molecule has 0 aromatic heterocycles. The zero-order chi connectivity index (χ0) is 8.06. The second-order valence-corrected chi connectivity index (χ2v) is 4.88. The molecular weight excluding hydrogens is 136 g/mol. The standard InChI is InChI=1S/C10H18O/c1-10(2)8-4-3-7(6-11)9(10)5-8/h7-9,11H,3-6H2,1-2H3/t7-,8?,9+/m1/s1. The van der Waals surface area contributed by atoms with Gasteiger partial charge in [0, 0.05) is 6.61 Å². The third-order valence-corrected chi connectivity index (χ3v) is 4.24. The largest absolute Gasteiger partial charge is 0.396 e. The van der Waals surface area contributed by atoms with Crippen molar-refractivity contribution in [3.05, 3.63) is 0 Å². The summed E-state index contributed by atoms with van der Waals surface area (Å²) in [6.07, 6.45) is 4.02. The van der Waals surface area contributed by atoms with Crippen molar-refractivity contribution in [2.45, 2.75) is 33.1 Å². The first kappa shape index (κ1) is 7.60. The first-order valence-electron chi connectivity index (χ1n) is 4.77. The Morgan fingerprint density at radius 2 is 2.09 bits per heavy atom. The Morgan fingerprint density at radius 1 is 1.36 bits per heavy atom. The van der Waals surface area contributed by atoms with Crippen LogP contribution in [0.1, 0.15) is 33.1 Å². The van der Waals surface area contributed by atoms with Crippen LogP contribution in [0.3, 0.4) is 0 Å². The number of hydrogen-bond acceptors (Lipinski definition) is 1. The van der Waals surface area contributed by atoms with Crippen LogP contribution in [-0.4, -0.2) is 11.7 Å². The van der Waals surface area contributed by atoms with Gasteiger partial charge in [-0.2, -0.15) is 0 Å². The van der Waals surface area contributed by atoms with E-state index in [1.807, 2.05) is 0 Å². The van der Waals surface area contributed by atoms with E-state index in [0.717, 1.165) is 11.8 Å². The van der Waals surface area contributed by atoms with E-state index in [9.17, 15) is 0 Å². The summed E-state index contributed by atoms with van der Waals surface area (Å²) in [5.41, 5.74) is 0.547. The molecule has 0 saturated heterocycles. The lowest BCUT2D eigenvalue weighted by molar-refractivity contribution is -0.116. The average Bonchev–Trinajstić information content (AvgIpc) is 2.04. The van der Waals surface area contributed by atoms with Crippen molar-refractivity contribution < 1.29 is 5.11 Å². The Bertz CT molecular complexity index is 160. The zero-order valence-corrected chi connectivity index (χ0v) is 7.51. The molecular formula is C10H18O. The van der Waals surface area contributed by atoms with Crippen LogP contribution in [0.2, 0.25) is 0 Å². The fourth-order valence-electron chi connectivity index (χ4n) is 3.18. The van der Waals surface area contributed by atoms with Crippen molar-refractivity contribution in [2.24, 2.45) is 23.2 Å². The number of rotatable bonds is 1. The first-order valence-corrected chi connectivity index (χ1v) is 4.77. The third-order valence-electron chi connectivity index (χ3n) is 4.24. The number of fused-ring (bicyclic) bond motifs is 2. The molecule has 2 bridgehead atoms. The highest BCUT2D eigenvalue weighted by atomic mass is 16.3. The van der Waals surface area contributed by atoms with E-state index >= 15 is 0 Å². The minimum absolute atomic E-state index is 0.417. The Hall–Kier alpha value is -0.0400. The van der Waals surface area contributed by atoms with Gasteiger partial charge >= 0.3 is 0 Å². The molecule has 3 aliphatic rings. The zero-order valence-electron chi connectivity index (χ0n) is 7.51. The number of aliphatic hydroxyl groups excluding tert-OH is 1. The maximum Gasteiger partial charge on any atom is 0.0462 e. The minimum atomic E-state index is 0.417. The van der Waals surface area contributed by atoms with E-state index in [-0.39, 0.29) is 0 Å². The molecule has 3 aliphatic carbocycles. The van der Waals surface area contributed by atoms with E-state index in [4.69, 9.17) is 5.11 Å². The highest BCUT2D eigenvalue weighted by molar-refractivity contribution is 5.02. The smallest absolute Gasteiger partial charge is 0.0462 e. The molecule has 3 saturated carbocycles. The van der Waals surface area contributed by atoms with Crippen molar-refractivity contribution in [3.63, 3.8) is 0 Å². The SMILES string of the molecule is CC1(C)C2CC[C@H](CO)[C@@H]1C2. The molecule has 64 valence electrons. The maximum atomic E-state index is 9.12. The van der Waals surface area contributed by atoms with Crippen molar-refractivity contribution in [1.29, 1.82) is 0 Å². The molecule has 1 unspecified atom stereocenters. The molecule has 0 radical (unpaired) electrons. The van der Waals surface area contributed by atoms with Gasteiger partial charge in [-0.3, -0.25) is 0 Å². The summed E-state index contributed by atoms with van der Waals surface area (Å²) in [6.45, 7) is 5.15. The summed E-state index contributed by atoms with van der Waals surface area (Å²) in [6, 6.07) is 0. The Kier molecular flexibility index (Phi) is 1.54. The molecule has 3 fully saturated rings. The summed E-state index contributed by atoms with van der Waals surface area (Å²) in [7, 11) is 0. The molecule has 1 N–H and O–H groups in total. The lowest BCUT2D eigenvalue weighted by atomic mass is 9.46. The van der Waals surface area contributed by atoms with Crippen LogP contribution < -0.4 is 0 Å². The molecule has 0 aliphatic heterocycles. The van der Waals surface area contributed by atoms with Gasteiger partial charge in [-0.25, -0.2) is 0 Å². The van der Waals surface area contributed by atoms with Gasteiger partial charge in [0.15, 0.2) is 0 Å². The minimum Gasteiger partial charge on any atom is -0.396 e. The molecule has 3 rings (SSSR count). The van der Waals surface area contributed by atoms with Gasteiger partial charge in [0.1, 0.15) is 0 Å². The van der Waals surface area contributed by atoms with Gasteiger partial charge in [-0.1, -0.05) is 13.8 Å². The molecule has 0 spiro atoms. The highest BCUT2D eigenvalue weighted by Gasteiger charge is 2.53. The first-order chi connectivity index (χ1) is 5.16. The van der Waals surface area contributed by atoms with E-state index < -0.39 is 0 Å². The monoisotopic (exact) mass is 154 g/mol. The number of aliphatic hydroxyl groups is 1. The fourth-order valence-corrected chi connectivity index (χ4v) is 3.18. The molecule has 1 nitrogen and oxygen atoms in total. The highest BCUT2D eigenvalue weighted by Crippen LogP contribution is 2.61. The van der Waals surface area contributed by atoms with Crippen LogP contribution in [0.15, 0.2) is 0 Å². The summed E-state index contributed by atoms with van der Waals surface area (Å²) in [4.78, 5) is 0.